The lowest BCUT2D eigenvalue weighted by Gasteiger charge is -2.37. The highest BCUT2D eigenvalue weighted by atomic mass is 16.5. The first-order valence-corrected chi connectivity index (χ1v) is 7.63. The third kappa shape index (κ3) is 4.11. The molecule has 1 aliphatic heterocycles. The van der Waals surface area contributed by atoms with Crippen LogP contribution >= 0.6 is 0 Å². The summed E-state index contributed by atoms with van der Waals surface area (Å²) in [6, 6.07) is 7.53. The van der Waals surface area contributed by atoms with E-state index in [1.54, 1.807) is 14.0 Å². The van der Waals surface area contributed by atoms with Crippen LogP contribution in [0.4, 0.5) is 5.69 Å². The topological polar surface area (TPSA) is 68.0 Å². The molecule has 1 atom stereocenters. The Hall–Kier alpha value is -1.79. The van der Waals surface area contributed by atoms with Crippen LogP contribution in [-0.2, 0) is 9.53 Å². The van der Waals surface area contributed by atoms with Crippen LogP contribution in [0.5, 0.6) is 5.75 Å². The van der Waals surface area contributed by atoms with Gasteiger partial charge in [0.2, 0.25) is 5.91 Å². The number of amides is 1. The van der Waals surface area contributed by atoms with Gasteiger partial charge in [-0.1, -0.05) is 12.1 Å². The zero-order valence-electron chi connectivity index (χ0n) is 13.3. The van der Waals surface area contributed by atoms with Gasteiger partial charge in [-0.3, -0.25) is 4.79 Å². The highest BCUT2D eigenvalue weighted by Gasteiger charge is 2.24. The maximum absolute atomic E-state index is 11.9. The molecule has 0 saturated carbocycles. The molecule has 1 amide bonds. The molecule has 0 spiro atoms. The molecule has 22 heavy (non-hydrogen) atoms. The average molecular weight is 307 g/mol. The number of nitrogens with two attached hydrogens (primary N) is 1. The number of nitrogens with zero attached hydrogens (tertiary/aromatic N) is 2. The number of anilines is 1. The second kappa shape index (κ2) is 8.00. The zero-order valence-corrected chi connectivity index (χ0v) is 13.3. The van der Waals surface area contributed by atoms with E-state index in [1.165, 1.54) is 0 Å². The molecule has 6 heteroatoms. The van der Waals surface area contributed by atoms with Gasteiger partial charge in [-0.15, -0.1) is 0 Å². The van der Waals surface area contributed by atoms with Crippen molar-refractivity contribution in [3.63, 3.8) is 0 Å². The monoisotopic (exact) mass is 307 g/mol. The molecule has 1 heterocycles. The summed E-state index contributed by atoms with van der Waals surface area (Å²) in [7, 11) is 1.66. The summed E-state index contributed by atoms with van der Waals surface area (Å²) in [6.07, 6.45) is 0. The van der Waals surface area contributed by atoms with Crippen LogP contribution < -0.4 is 15.4 Å². The lowest BCUT2D eigenvalue weighted by Crippen LogP contribution is -2.52. The van der Waals surface area contributed by atoms with Gasteiger partial charge >= 0.3 is 0 Å². The molecule has 1 aromatic rings. The van der Waals surface area contributed by atoms with Gasteiger partial charge in [-0.05, 0) is 19.1 Å². The van der Waals surface area contributed by atoms with E-state index in [0.29, 0.717) is 26.3 Å². The Bertz CT molecular complexity index is 485. The second-order valence-electron chi connectivity index (χ2n) is 5.41. The van der Waals surface area contributed by atoms with E-state index in [0.717, 1.165) is 24.5 Å². The average Bonchev–Trinajstić information content (AvgIpc) is 2.55. The fraction of sp³-hybridized carbons (Fsp3) is 0.562. The number of ether oxygens (including phenoxy) is 2. The van der Waals surface area contributed by atoms with Gasteiger partial charge in [0.25, 0.3) is 0 Å². The van der Waals surface area contributed by atoms with Crippen LogP contribution in [0.25, 0.3) is 0 Å². The summed E-state index contributed by atoms with van der Waals surface area (Å²) < 4.78 is 10.8. The Labute approximate surface area is 131 Å². The van der Waals surface area contributed by atoms with Crippen LogP contribution in [0.3, 0.4) is 0 Å². The summed E-state index contributed by atoms with van der Waals surface area (Å²) in [4.78, 5) is 16.0. The fourth-order valence-electron chi connectivity index (χ4n) is 2.53. The van der Waals surface area contributed by atoms with Gasteiger partial charge in [0.1, 0.15) is 12.4 Å². The Morgan fingerprint density at radius 3 is 2.55 bits per heavy atom. The Kier molecular flexibility index (Phi) is 6.03. The summed E-state index contributed by atoms with van der Waals surface area (Å²) in [6.45, 7) is 5.75. The van der Waals surface area contributed by atoms with Crippen molar-refractivity contribution in [3.8, 4) is 5.75 Å². The molecule has 2 rings (SSSR count). The van der Waals surface area contributed by atoms with Crippen molar-refractivity contribution in [2.24, 2.45) is 5.73 Å². The van der Waals surface area contributed by atoms with Gasteiger partial charge in [0, 0.05) is 33.3 Å². The van der Waals surface area contributed by atoms with E-state index in [9.17, 15) is 4.79 Å². The Morgan fingerprint density at radius 2 is 1.91 bits per heavy atom. The molecule has 6 nitrogen and oxygen atoms in total. The zero-order chi connectivity index (χ0) is 15.9. The summed E-state index contributed by atoms with van der Waals surface area (Å²) in [5.41, 5.74) is 6.73. The number of para-hydroxylation sites is 2. The van der Waals surface area contributed by atoms with Gasteiger partial charge < -0.3 is 25.0 Å². The van der Waals surface area contributed by atoms with Crippen LogP contribution in [0, 0.1) is 0 Å². The Morgan fingerprint density at radius 1 is 1.23 bits per heavy atom. The maximum atomic E-state index is 11.9. The van der Waals surface area contributed by atoms with E-state index in [-0.39, 0.29) is 5.91 Å². The molecular weight excluding hydrogens is 282 g/mol. The highest BCUT2D eigenvalue weighted by Crippen LogP contribution is 2.28. The molecule has 122 valence electrons. The minimum Gasteiger partial charge on any atom is -0.489 e. The van der Waals surface area contributed by atoms with E-state index in [1.807, 2.05) is 29.2 Å². The molecule has 1 aliphatic rings. The van der Waals surface area contributed by atoms with Gasteiger partial charge in [-0.2, -0.15) is 0 Å². The number of hydrogen-bond donors (Lipinski definition) is 1. The van der Waals surface area contributed by atoms with Gasteiger partial charge in [-0.25, -0.2) is 0 Å². The molecule has 2 N–H and O–H groups in total. The first kappa shape index (κ1) is 16.6. The minimum atomic E-state index is -0.434. The first-order chi connectivity index (χ1) is 10.6. The highest BCUT2D eigenvalue weighted by molar-refractivity contribution is 5.81. The molecule has 0 bridgehead atoms. The number of hydrogen-bond acceptors (Lipinski definition) is 5. The van der Waals surface area contributed by atoms with Crippen LogP contribution in [-0.4, -0.2) is 63.4 Å². The van der Waals surface area contributed by atoms with Gasteiger partial charge in [0.15, 0.2) is 0 Å². The number of carbonyl (C=O) groups excluding carboxylic acids is 1. The standard InChI is InChI=1S/C16H25N3O3/c1-13(17)16(20)19-9-7-18(8-10-19)14-5-3-4-6-15(14)22-12-11-21-2/h3-6,13H,7-12,17H2,1-2H3/t13-/m1/s1. The van der Waals surface area contributed by atoms with Crippen molar-refractivity contribution in [1.29, 1.82) is 0 Å². The Balaban J connectivity index is 1.97. The SMILES string of the molecule is COCCOc1ccccc1N1CCN(C(=O)[C@@H](C)N)CC1. The predicted octanol–water partition coefficient (Wildman–Crippen LogP) is 0.708. The largest absolute Gasteiger partial charge is 0.489 e. The molecule has 0 aliphatic carbocycles. The number of piperazine rings is 1. The smallest absolute Gasteiger partial charge is 0.239 e. The third-order valence-corrected chi connectivity index (χ3v) is 3.73. The van der Waals surface area contributed by atoms with E-state index >= 15 is 0 Å². The van der Waals surface area contributed by atoms with Crippen molar-refractivity contribution in [3.05, 3.63) is 24.3 Å². The van der Waals surface area contributed by atoms with E-state index < -0.39 is 6.04 Å². The van der Waals surface area contributed by atoms with E-state index in [2.05, 4.69) is 4.90 Å². The van der Waals surface area contributed by atoms with Crippen LogP contribution in [0.15, 0.2) is 24.3 Å². The number of methoxy groups -OCH3 is 1. The quantitative estimate of drug-likeness (QED) is 0.784. The van der Waals surface area contributed by atoms with Crippen molar-refractivity contribution in [2.75, 3.05) is 51.4 Å². The number of rotatable bonds is 6. The van der Waals surface area contributed by atoms with Crippen molar-refractivity contribution >= 4 is 11.6 Å². The lowest BCUT2D eigenvalue weighted by molar-refractivity contribution is -0.132. The summed E-state index contributed by atoms with van der Waals surface area (Å²) in [5, 5.41) is 0. The van der Waals surface area contributed by atoms with Crippen molar-refractivity contribution in [2.45, 2.75) is 13.0 Å². The van der Waals surface area contributed by atoms with E-state index in [4.69, 9.17) is 15.2 Å². The number of carbonyl (C=O) groups is 1. The maximum Gasteiger partial charge on any atom is 0.239 e. The summed E-state index contributed by atoms with van der Waals surface area (Å²) >= 11 is 0. The molecule has 1 fully saturated rings. The lowest BCUT2D eigenvalue weighted by atomic mass is 10.2. The molecule has 0 unspecified atom stereocenters. The first-order valence-electron chi connectivity index (χ1n) is 7.63. The molecule has 1 aromatic carbocycles. The minimum absolute atomic E-state index is 0.0179. The van der Waals surface area contributed by atoms with Crippen molar-refractivity contribution < 1.29 is 14.3 Å². The second-order valence-corrected chi connectivity index (χ2v) is 5.41. The molecular formula is C16H25N3O3. The van der Waals surface area contributed by atoms with Crippen LogP contribution in [0.2, 0.25) is 0 Å². The third-order valence-electron chi connectivity index (χ3n) is 3.73. The normalized spacial score (nSPS) is 16.5. The summed E-state index contributed by atoms with van der Waals surface area (Å²) in [5.74, 6) is 0.871. The molecule has 0 radical (unpaired) electrons. The fourth-order valence-corrected chi connectivity index (χ4v) is 2.53. The van der Waals surface area contributed by atoms with Gasteiger partial charge in [0.05, 0.1) is 18.3 Å². The van der Waals surface area contributed by atoms with Crippen LogP contribution in [0.1, 0.15) is 6.92 Å². The number of benzene rings is 1. The molecule has 1 saturated heterocycles. The van der Waals surface area contributed by atoms with Crippen molar-refractivity contribution in [1.82, 2.24) is 4.90 Å². The predicted molar refractivity (Wildman–Crippen MR) is 86.3 cm³/mol. The molecule has 0 aromatic heterocycles.